The third-order valence-electron chi connectivity index (χ3n) is 4.41. The standard InChI is InChI=1S/C22H22N2O6/c1-13(21-23-16-8-6-5-7-15(16)22(26)24-21)30-19(25)10-9-14-11-17(27-2)20(29-4)18(12-14)28-3/h5-13H,1-4H3,(H,23,24,26)/b10-9+/t13-/m1/s1. The van der Waals surface area contributed by atoms with Crippen LogP contribution in [-0.2, 0) is 9.53 Å². The molecule has 0 fully saturated rings. The fourth-order valence-electron chi connectivity index (χ4n) is 2.93. The van der Waals surface area contributed by atoms with Crippen LogP contribution in [0.2, 0.25) is 0 Å². The van der Waals surface area contributed by atoms with Crippen molar-refractivity contribution in [2.75, 3.05) is 21.3 Å². The minimum absolute atomic E-state index is 0.272. The molecule has 0 saturated carbocycles. The molecule has 156 valence electrons. The number of benzene rings is 2. The van der Waals surface area contributed by atoms with Crippen molar-refractivity contribution < 1.29 is 23.7 Å². The number of nitrogens with one attached hydrogen (secondary N) is 1. The van der Waals surface area contributed by atoms with Crippen LogP contribution in [0.4, 0.5) is 0 Å². The number of fused-ring (bicyclic) bond motifs is 1. The zero-order valence-electron chi connectivity index (χ0n) is 17.1. The summed E-state index contributed by atoms with van der Waals surface area (Å²) in [5, 5.41) is 0.474. The number of hydrogen-bond acceptors (Lipinski definition) is 7. The maximum absolute atomic E-state index is 12.3. The quantitative estimate of drug-likeness (QED) is 0.471. The Morgan fingerprint density at radius 1 is 1.07 bits per heavy atom. The van der Waals surface area contributed by atoms with Gasteiger partial charge in [-0.1, -0.05) is 12.1 Å². The third-order valence-corrected chi connectivity index (χ3v) is 4.41. The molecule has 0 unspecified atom stereocenters. The van der Waals surface area contributed by atoms with Gasteiger partial charge in [-0.2, -0.15) is 0 Å². The molecule has 8 nitrogen and oxygen atoms in total. The summed E-state index contributed by atoms with van der Waals surface area (Å²) in [6.07, 6.45) is 2.10. The van der Waals surface area contributed by atoms with Crippen LogP contribution in [0, 0.1) is 0 Å². The van der Waals surface area contributed by atoms with E-state index in [-0.39, 0.29) is 11.4 Å². The summed E-state index contributed by atoms with van der Waals surface area (Å²) >= 11 is 0. The summed E-state index contributed by atoms with van der Waals surface area (Å²) in [7, 11) is 4.54. The number of aromatic nitrogens is 2. The minimum atomic E-state index is -0.737. The Morgan fingerprint density at radius 3 is 2.37 bits per heavy atom. The largest absolute Gasteiger partial charge is 0.493 e. The molecule has 30 heavy (non-hydrogen) atoms. The molecule has 8 heteroatoms. The molecule has 0 aliphatic heterocycles. The first-order valence-corrected chi connectivity index (χ1v) is 9.14. The van der Waals surface area contributed by atoms with Gasteiger partial charge in [0, 0.05) is 6.08 Å². The summed E-state index contributed by atoms with van der Waals surface area (Å²) in [6.45, 7) is 1.64. The first-order valence-electron chi connectivity index (χ1n) is 9.14. The van der Waals surface area contributed by atoms with Crippen LogP contribution in [0.1, 0.15) is 24.4 Å². The number of methoxy groups -OCH3 is 3. The molecule has 3 rings (SSSR count). The van der Waals surface area contributed by atoms with E-state index in [1.807, 2.05) is 0 Å². The van der Waals surface area contributed by atoms with E-state index in [4.69, 9.17) is 18.9 Å². The second kappa shape index (κ2) is 9.13. The van der Waals surface area contributed by atoms with Crippen molar-refractivity contribution in [3.63, 3.8) is 0 Å². The molecule has 0 aliphatic carbocycles. The minimum Gasteiger partial charge on any atom is -0.493 e. The van der Waals surface area contributed by atoms with Gasteiger partial charge in [-0.3, -0.25) is 4.79 Å². The average molecular weight is 410 g/mol. The van der Waals surface area contributed by atoms with Gasteiger partial charge in [0.25, 0.3) is 5.56 Å². The first kappa shape index (κ1) is 20.9. The Hall–Kier alpha value is -3.81. The number of hydrogen-bond donors (Lipinski definition) is 1. The lowest BCUT2D eigenvalue weighted by Gasteiger charge is -2.13. The van der Waals surface area contributed by atoms with Crippen molar-refractivity contribution in [2.24, 2.45) is 0 Å². The molecule has 0 amide bonds. The molecular formula is C22H22N2O6. The van der Waals surface area contributed by atoms with Crippen molar-refractivity contribution >= 4 is 22.9 Å². The average Bonchev–Trinajstić information content (AvgIpc) is 2.76. The van der Waals surface area contributed by atoms with Gasteiger partial charge in [0.05, 0.1) is 32.2 Å². The lowest BCUT2D eigenvalue weighted by atomic mass is 10.1. The maximum atomic E-state index is 12.3. The van der Waals surface area contributed by atoms with Gasteiger partial charge in [-0.05, 0) is 42.8 Å². The molecule has 0 spiro atoms. The number of aromatic amines is 1. The van der Waals surface area contributed by atoms with Crippen LogP contribution < -0.4 is 19.8 Å². The normalized spacial score (nSPS) is 12.0. The Labute approximate surface area is 173 Å². The number of carbonyl (C=O) groups excluding carboxylic acids is 1. The van der Waals surface area contributed by atoms with Gasteiger partial charge in [-0.25, -0.2) is 9.78 Å². The third kappa shape index (κ3) is 4.43. The summed E-state index contributed by atoms with van der Waals surface area (Å²) in [4.78, 5) is 31.5. The van der Waals surface area contributed by atoms with E-state index in [1.54, 1.807) is 49.4 Å². The molecule has 1 atom stereocenters. The van der Waals surface area contributed by atoms with E-state index in [9.17, 15) is 9.59 Å². The van der Waals surface area contributed by atoms with E-state index in [0.29, 0.717) is 33.7 Å². The highest BCUT2D eigenvalue weighted by atomic mass is 16.5. The summed E-state index contributed by atoms with van der Waals surface area (Å²) < 4.78 is 21.2. The van der Waals surface area contributed by atoms with Gasteiger partial charge in [0.2, 0.25) is 5.75 Å². The molecule has 1 heterocycles. The number of H-pyrrole nitrogens is 1. The topological polar surface area (TPSA) is 99.7 Å². The lowest BCUT2D eigenvalue weighted by Crippen LogP contribution is -2.16. The molecular weight excluding hydrogens is 388 g/mol. The Bertz CT molecular complexity index is 1130. The zero-order valence-corrected chi connectivity index (χ0v) is 17.1. The fourth-order valence-corrected chi connectivity index (χ4v) is 2.93. The SMILES string of the molecule is COc1cc(/C=C/C(=O)O[C@H](C)c2nc3ccccc3c(=O)[nH]2)cc(OC)c1OC. The number of nitrogens with zero attached hydrogens (tertiary/aromatic N) is 1. The van der Waals surface area contributed by atoms with Gasteiger partial charge in [0.15, 0.2) is 23.4 Å². The molecule has 0 bridgehead atoms. The monoisotopic (exact) mass is 410 g/mol. The van der Waals surface area contributed by atoms with Gasteiger partial charge in [0.1, 0.15) is 0 Å². The first-order chi connectivity index (χ1) is 14.5. The second-order valence-corrected chi connectivity index (χ2v) is 6.34. The van der Waals surface area contributed by atoms with Crippen LogP contribution in [0.15, 0.2) is 47.3 Å². The summed E-state index contributed by atoms with van der Waals surface area (Å²) in [5.74, 6) is 1.08. The Morgan fingerprint density at radius 2 is 1.73 bits per heavy atom. The van der Waals surface area contributed by atoms with E-state index in [0.717, 1.165) is 0 Å². The summed E-state index contributed by atoms with van der Waals surface area (Å²) in [5.41, 5.74) is 0.907. The van der Waals surface area contributed by atoms with Crippen LogP contribution >= 0.6 is 0 Å². The molecule has 1 aromatic heterocycles. The fraction of sp³-hybridized carbons (Fsp3) is 0.227. The van der Waals surface area contributed by atoms with Crippen LogP contribution in [0.5, 0.6) is 17.2 Å². The number of esters is 1. The van der Waals surface area contributed by atoms with Crippen molar-refractivity contribution in [1.82, 2.24) is 9.97 Å². The predicted octanol–water partition coefficient (Wildman–Crippen LogP) is 3.27. The van der Waals surface area contributed by atoms with Crippen LogP contribution in [-0.4, -0.2) is 37.3 Å². The van der Waals surface area contributed by atoms with E-state index >= 15 is 0 Å². The van der Waals surface area contributed by atoms with Crippen LogP contribution in [0.25, 0.3) is 17.0 Å². The van der Waals surface area contributed by atoms with Crippen molar-refractivity contribution in [2.45, 2.75) is 13.0 Å². The van der Waals surface area contributed by atoms with Crippen LogP contribution in [0.3, 0.4) is 0 Å². The van der Waals surface area contributed by atoms with Crippen molar-refractivity contribution in [1.29, 1.82) is 0 Å². The lowest BCUT2D eigenvalue weighted by molar-refractivity contribution is -0.142. The van der Waals surface area contributed by atoms with E-state index in [1.165, 1.54) is 27.4 Å². The van der Waals surface area contributed by atoms with Gasteiger partial charge < -0.3 is 23.9 Å². The molecule has 3 aromatic rings. The molecule has 2 aromatic carbocycles. The number of carbonyl (C=O) groups is 1. The highest BCUT2D eigenvalue weighted by Gasteiger charge is 2.15. The summed E-state index contributed by atoms with van der Waals surface area (Å²) in [6, 6.07) is 10.4. The van der Waals surface area contributed by atoms with Gasteiger partial charge in [-0.15, -0.1) is 0 Å². The maximum Gasteiger partial charge on any atom is 0.331 e. The van der Waals surface area contributed by atoms with E-state index in [2.05, 4.69) is 9.97 Å². The zero-order chi connectivity index (χ0) is 21.7. The smallest absolute Gasteiger partial charge is 0.331 e. The Balaban J connectivity index is 1.77. The number of para-hydroxylation sites is 1. The second-order valence-electron chi connectivity index (χ2n) is 6.34. The number of rotatable bonds is 7. The molecule has 0 saturated heterocycles. The van der Waals surface area contributed by atoms with Crippen molar-refractivity contribution in [3.05, 3.63) is 64.2 Å². The number of ether oxygens (including phenoxy) is 4. The van der Waals surface area contributed by atoms with Crippen molar-refractivity contribution in [3.8, 4) is 17.2 Å². The molecule has 0 aliphatic rings. The highest BCUT2D eigenvalue weighted by molar-refractivity contribution is 5.87. The van der Waals surface area contributed by atoms with E-state index < -0.39 is 12.1 Å². The van der Waals surface area contributed by atoms with Gasteiger partial charge >= 0.3 is 5.97 Å². The molecule has 0 radical (unpaired) electrons. The predicted molar refractivity (Wildman–Crippen MR) is 112 cm³/mol. The highest BCUT2D eigenvalue weighted by Crippen LogP contribution is 2.38. The molecule has 1 N–H and O–H groups in total. The Kier molecular flexibility index (Phi) is 6.36.